The number of nitriles is 1. The molecule has 0 saturated heterocycles. The molecule has 0 aliphatic rings. The fourth-order valence-corrected chi connectivity index (χ4v) is 0.931. The van der Waals surface area contributed by atoms with E-state index in [1.807, 2.05) is 31.2 Å². The lowest BCUT2D eigenvalue weighted by atomic mass is 10.1. The minimum atomic E-state index is -0.390. The van der Waals surface area contributed by atoms with Gasteiger partial charge in [0.2, 0.25) is 5.78 Å². The Bertz CT molecular complexity index is 319. The molecular formula is C10H9NO. The van der Waals surface area contributed by atoms with Crippen LogP contribution in [0.5, 0.6) is 0 Å². The maximum Gasteiger partial charge on any atom is 0.236 e. The van der Waals surface area contributed by atoms with Gasteiger partial charge in [0.05, 0.1) is 0 Å². The lowest BCUT2D eigenvalue weighted by molar-refractivity contribution is -0.113. The Balaban J connectivity index is 2.73. The fraction of sp³-hybridized carbons (Fsp3) is 0.200. The van der Waals surface area contributed by atoms with Crippen molar-refractivity contribution in [2.24, 2.45) is 0 Å². The molecule has 60 valence electrons. The molecule has 0 radical (unpaired) electrons. The Hall–Kier alpha value is -1.62. The Kier molecular flexibility index (Phi) is 2.60. The number of aryl methyl sites for hydroxylation is 1. The third kappa shape index (κ3) is 2.21. The number of hydrogen-bond acceptors (Lipinski definition) is 2. The van der Waals surface area contributed by atoms with E-state index in [2.05, 4.69) is 0 Å². The van der Waals surface area contributed by atoms with Crippen LogP contribution < -0.4 is 0 Å². The van der Waals surface area contributed by atoms with Gasteiger partial charge in [0.1, 0.15) is 6.07 Å². The first-order chi connectivity index (χ1) is 5.72. The zero-order valence-electron chi connectivity index (χ0n) is 6.87. The van der Waals surface area contributed by atoms with E-state index in [9.17, 15) is 4.79 Å². The molecule has 2 nitrogen and oxygen atoms in total. The van der Waals surface area contributed by atoms with E-state index >= 15 is 0 Å². The van der Waals surface area contributed by atoms with E-state index in [1.165, 1.54) is 0 Å². The van der Waals surface area contributed by atoms with E-state index in [0.717, 1.165) is 11.1 Å². The van der Waals surface area contributed by atoms with Crippen LogP contribution >= 0.6 is 0 Å². The van der Waals surface area contributed by atoms with Crippen molar-refractivity contribution in [2.45, 2.75) is 13.3 Å². The number of hydrogen-bond donors (Lipinski definition) is 0. The maximum atomic E-state index is 10.7. The minimum Gasteiger partial charge on any atom is -0.282 e. The van der Waals surface area contributed by atoms with Crippen LogP contribution in [-0.4, -0.2) is 5.78 Å². The van der Waals surface area contributed by atoms with Crippen molar-refractivity contribution < 1.29 is 4.79 Å². The van der Waals surface area contributed by atoms with Crippen LogP contribution in [0.3, 0.4) is 0 Å². The molecule has 0 bridgehead atoms. The maximum absolute atomic E-state index is 10.7. The standard InChI is InChI=1S/C10H9NO/c1-8-2-4-9(5-3-8)6-10(12)7-11/h2-5H,6H2,1H3. The zero-order chi connectivity index (χ0) is 8.97. The molecular weight excluding hydrogens is 150 g/mol. The van der Waals surface area contributed by atoms with Crippen molar-refractivity contribution in [1.29, 1.82) is 5.26 Å². The van der Waals surface area contributed by atoms with E-state index in [0.29, 0.717) is 0 Å². The predicted octanol–water partition coefficient (Wildman–Crippen LogP) is 1.63. The second-order valence-corrected chi connectivity index (χ2v) is 2.70. The van der Waals surface area contributed by atoms with Crippen molar-refractivity contribution in [3.8, 4) is 6.07 Å². The summed E-state index contributed by atoms with van der Waals surface area (Å²) < 4.78 is 0. The molecule has 1 rings (SSSR count). The first kappa shape index (κ1) is 8.48. The first-order valence-corrected chi connectivity index (χ1v) is 3.71. The van der Waals surface area contributed by atoms with E-state index in [4.69, 9.17) is 5.26 Å². The molecule has 0 spiro atoms. The van der Waals surface area contributed by atoms with Crippen LogP contribution in [-0.2, 0) is 11.2 Å². The molecule has 2 heteroatoms. The topological polar surface area (TPSA) is 40.9 Å². The van der Waals surface area contributed by atoms with Crippen molar-refractivity contribution in [3.05, 3.63) is 35.4 Å². The molecule has 0 unspecified atom stereocenters. The quantitative estimate of drug-likeness (QED) is 0.615. The van der Waals surface area contributed by atoms with E-state index < -0.39 is 0 Å². The summed E-state index contributed by atoms with van der Waals surface area (Å²) in [7, 11) is 0. The van der Waals surface area contributed by atoms with Crippen molar-refractivity contribution >= 4 is 5.78 Å². The predicted molar refractivity (Wildman–Crippen MR) is 45.5 cm³/mol. The van der Waals surface area contributed by atoms with Gasteiger partial charge in [0.25, 0.3) is 0 Å². The monoisotopic (exact) mass is 159 g/mol. The summed E-state index contributed by atoms with van der Waals surface area (Å²) in [6.07, 6.45) is 0.219. The molecule has 0 heterocycles. The zero-order valence-corrected chi connectivity index (χ0v) is 6.87. The van der Waals surface area contributed by atoms with Crippen LogP contribution in [0.15, 0.2) is 24.3 Å². The highest BCUT2D eigenvalue weighted by Crippen LogP contribution is 2.03. The van der Waals surface area contributed by atoms with Gasteiger partial charge in [-0.25, -0.2) is 0 Å². The number of carbonyl (C=O) groups excluding carboxylic acids is 1. The average Bonchev–Trinajstić information content (AvgIpc) is 2.09. The number of rotatable bonds is 2. The normalized spacial score (nSPS) is 9.00. The highest BCUT2D eigenvalue weighted by molar-refractivity contribution is 5.94. The van der Waals surface area contributed by atoms with Crippen LogP contribution in [0.25, 0.3) is 0 Å². The van der Waals surface area contributed by atoms with Gasteiger partial charge < -0.3 is 0 Å². The Morgan fingerprint density at radius 3 is 2.50 bits per heavy atom. The molecule has 1 aromatic rings. The largest absolute Gasteiger partial charge is 0.282 e. The smallest absolute Gasteiger partial charge is 0.236 e. The third-order valence-electron chi connectivity index (χ3n) is 1.61. The van der Waals surface area contributed by atoms with Crippen molar-refractivity contribution in [1.82, 2.24) is 0 Å². The molecule has 0 aromatic heterocycles. The SMILES string of the molecule is Cc1ccc(CC(=O)C#N)cc1. The number of benzene rings is 1. The molecule has 0 aliphatic heterocycles. The second-order valence-electron chi connectivity index (χ2n) is 2.70. The second kappa shape index (κ2) is 3.68. The van der Waals surface area contributed by atoms with Gasteiger partial charge in [-0.2, -0.15) is 5.26 Å². The molecule has 12 heavy (non-hydrogen) atoms. The summed E-state index contributed by atoms with van der Waals surface area (Å²) in [5.41, 5.74) is 2.05. The molecule has 0 aliphatic carbocycles. The first-order valence-electron chi connectivity index (χ1n) is 3.71. The van der Waals surface area contributed by atoms with Crippen LogP contribution in [0.2, 0.25) is 0 Å². The highest BCUT2D eigenvalue weighted by Gasteiger charge is 2.00. The molecule has 0 saturated carbocycles. The van der Waals surface area contributed by atoms with Gasteiger partial charge >= 0.3 is 0 Å². The van der Waals surface area contributed by atoms with Crippen molar-refractivity contribution in [3.63, 3.8) is 0 Å². The summed E-state index contributed by atoms with van der Waals surface area (Å²) in [5.74, 6) is -0.390. The van der Waals surface area contributed by atoms with Gasteiger partial charge in [0.15, 0.2) is 0 Å². The Morgan fingerprint density at radius 2 is 2.00 bits per heavy atom. The molecule has 0 amide bonds. The molecule has 1 aromatic carbocycles. The van der Waals surface area contributed by atoms with Crippen LogP contribution in [0.4, 0.5) is 0 Å². The van der Waals surface area contributed by atoms with Gasteiger partial charge in [-0.05, 0) is 12.5 Å². The Morgan fingerprint density at radius 1 is 1.42 bits per heavy atom. The molecule has 0 N–H and O–H groups in total. The number of nitrogens with zero attached hydrogens (tertiary/aromatic N) is 1. The minimum absolute atomic E-state index is 0.219. The third-order valence-corrected chi connectivity index (χ3v) is 1.61. The fourth-order valence-electron chi connectivity index (χ4n) is 0.931. The summed E-state index contributed by atoms with van der Waals surface area (Å²) >= 11 is 0. The van der Waals surface area contributed by atoms with Gasteiger partial charge in [-0.15, -0.1) is 0 Å². The summed E-state index contributed by atoms with van der Waals surface area (Å²) in [6.45, 7) is 1.98. The number of ketones is 1. The summed E-state index contributed by atoms with van der Waals surface area (Å²) in [6, 6.07) is 9.18. The van der Waals surface area contributed by atoms with Gasteiger partial charge in [0, 0.05) is 6.42 Å². The summed E-state index contributed by atoms with van der Waals surface area (Å²) in [4.78, 5) is 10.7. The molecule has 0 atom stereocenters. The lowest BCUT2D eigenvalue weighted by Crippen LogP contribution is -1.97. The van der Waals surface area contributed by atoms with Crippen molar-refractivity contribution in [2.75, 3.05) is 0 Å². The number of carbonyl (C=O) groups is 1. The summed E-state index contributed by atoms with van der Waals surface area (Å²) in [5, 5.41) is 8.25. The number of Topliss-reactive ketones (excluding diaryl/α,β-unsaturated/α-hetero) is 1. The highest BCUT2D eigenvalue weighted by atomic mass is 16.1. The Labute approximate surface area is 71.4 Å². The molecule has 0 fully saturated rings. The van der Waals surface area contributed by atoms with Crippen LogP contribution in [0.1, 0.15) is 11.1 Å². The van der Waals surface area contributed by atoms with Gasteiger partial charge in [-0.1, -0.05) is 29.8 Å². The van der Waals surface area contributed by atoms with Gasteiger partial charge in [-0.3, -0.25) is 4.79 Å². The van der Waals surface area contributed by atoms with Crippen LogP contribution in [0, 0.1) is 18.3 Å². The average molecular weight is 159 g/mol. The van der Waals surface area contributed by atoms with E-state index in [1.54, 1.807) is 6.07 Å². The van der Waals surface area contributed by atoms with E-state index in [-0.39, 0.29) is 12.2 Å². The lowest BCUT2D eigenvalue weighted by Gasteiger charge is -1.95.